The third kappa shape index (κ3) is 4.65. The molecule has 1 aromatic heterocycles. The molecule has 0 fully saturated rings. The Balaban J connectivity index is 1.91. The Morgan fingerprint density at radius 1 is 1.13 bits per heavy atom. The molecule has 0 aliphatic heterocycles. The Hall–Kier alpha value is -2.69. The van der Waals surface area contributed by atoms with Crippen LogP contribution in [0, 0.1) is 13.8 Å². The highest BCUT2D eigenvalue weighted by Gasteiger charge is 2.28. The molecule has 0 spiro atoms. The van der Waals surface area contributed by atoms with Gasteiger partial charge in [-0.05, 0) is 56.2 Å². The number of nitrogens with one attached hydrogen (secondary N) is 1. The summed E-state index contributed by atoms with van der Waals surface area (Å²) in [6, 6.07) is 10.7. The molecule has 0 unspecified atom stereocenters. The van der Waals surface area contributed by atoms with E-state index in [0.717, 1.165) is 41.3 Å². The molecule has 1 amide bonds. The molecule has 1 N–H and O–H groups in total. The Morgan fingerprint density at radius 2 is 1.84 bits per heavy atom. The molecule has 166 valence electrons. The van der Waals surface area contributed by atoms with Crippen molar-refractivity contribution < 1.29 is 13.2 Å². The molecule has 3 rings (SSSR count). The number of benzene rings is 2. The molecule has 0 saturated heterocycles. The minimum absolute atomic E-state index is 0.0563. The third-order valence-electron chi connectivity index (χ3n) is 4.93. The van der Waals surface area contributed by atoms with Gasteiger partial charge in [0.05, 0.1) is 15.9 Å². The largest absolute Gasteiger partial charge is 0.324 e. The number of hydrogen-bond donors (Lipinski definition) is 1. The summed E-state index contributed by atoms with van der Waals surface area (Å²) < 4.78 is 30.5. The average Bonchev–Trinajstić information content (AvgIpc) is 3.02. The van der Waals surface area contributed by atoms with Crippen LogP contribution in [0.2, 0.25) is 0 Å². The maximum Gasteiger partial charge on any atom is 0.308 e. The van der Waals surface area contributed by atoms with E-state index in [4.69, 9.17) is 0 Å². The molecule has 8 nitrogen and oxygen atoms in total. The van der Waals surface area contributed by atoms with Crippen LogP contribution >= 0.6 is 11.3 Å². The minimum atomic E-state index is -3.90. The summed E-state index contributed by atoms with van der Waals surface area (Å²) in [5, 5.41) is 2.76. The summed E-state index contributed by atoms with van der Waals surface area (Å²) >= 11 is 1.11. The van der Waals surface area contributed by atoms with E-state index in [0.29, 0.717) is 17.9 Å². The lowest BCUT2D eigenvalue weighted by Crippen LogP contribution is -2.44. The van der Waals surface area contributed by atoms with Crippen LogP contribution < -0.4 is 14.5 Å². The summed E-state index contributed by atoms with van der Waals surface area (Å²) in [5.41, 5.74) is 3.40. The number of carbonyl (C=O) groups is 1. The van der Waals surface area contributed by atoms with E-state index in [1.54, 1.807) is 35.8 Å². The molecule has 1 heterocycles. The van der Waals surface area contributed by atoms with Crippen LogP contribution in [0.5, 0.6) is 0 Å². The lowest BCUT2D eigenvalue weighted by Gasteiger charge is -2.28. The molecule has 0 radical (unpaired) electrons. The van der Waals surface area contributed by atoms with Crippen LogP contribution in [0.15, 0.2) is 41.2 Å². The number of thiazole rings is 1. The van der Waals surface area contributed by atoms with Gasteiger partial charge in [-0.3, -0.25) is 14.2 Å². The number of rotatable bonds is 7. The van der Waals surface area contributed by atoms with Crippen LogP contribution in [0.25, 0.3) is 10.2 Å². The van der Waals surface area contributed by atoms with Gasteiger partial charge in [0.2, 0.25) is 5.91 Å². The lowest BCUT2D eigenvalue weighted by atomic mass is 10.1. The van der Waals surface area contributed by atoms with Crippen molar-refractivity contribution >= 4 is 49.0 Å². The van der Waals surface area contributed by atoms with E-state index >= 15 is 0 Å². The van der Waals surface area contributed by atoms with Gasteiger partial charge < -0.3 is 5.32 Å². The van der Waals surface area contributed by atoms with Crippen LogP contribution in [-0.4, -0.2) is 43.8 Å². The predicted molar refractivity (Wildman–Crippen MR) is 126 cm³/mol. The zero-order chi connectivity index (χ0) is 22.9. The molecule has 0 aliphatic carbocycles. The standard InChI is InChI=1S/C21H26N4O4S2/c1-6-24-17-10-9-16(12-19(17)30-21(24)27)22-20(26)13-25(31(28,29)23(4)5)18-11-14(2)7-8-15(18)3/h7-12H,6,13H2,1-5H3,(H,22,26). The van der Waals surface area contributed by atoms with Gasteiger partial charge in [-0.1, -0.05) is 23.5 Å². The van der Waals surface area contributed by atoms with Gasteiger partial charge in [0.25, 0.3) is 0 Å². The second kappa shape index (κ2) is 8.81. The number of hydrogen-bond acceptors (Lipinski definition) is 5. The Morgan fingerprint density at radius 3 is 2.48 bits per heavy atom. The summed E-state index contributed by atoms with van der Waals surface area (Å²) in [5.74, 6) is -0.479. The summed E-state index contributed by atoms with van der Waals surface area (Å²) in [4.78, 5) is 24.8. The van der Waals surface area contributed by atoms with E-state index in [-0.39, 0.29) is 11.4 Å². The number of aryl methyl sites for hydroxylation is 3. The summed E-state index contributed by atoms with van der Waals surface area (Å²) in [6.45, 7) is 5.76. The zero-order valence-electron chi connectivity index (χ0n) is 18.2. The monoisotopic (exact) mass is 462 g/mol. The van der Waals surface area contributed by atoms with Gasteiger partial charge in [0.15, 0.2) is 0 Å². The Bertz CT molecular complexity index is 1290. The second-order valence-corrected chi connectivity index (χ2v) is 10.5. The molecule has 31 heavy (non-hydrogen) atoms. The maximum absolute atomic E-state index is 13.0. The van der Waals surface area contributed by atoms with E-state index < -0.39 is 16.1 Å². The fraction of sp³-hybridized carbons (Fsp3) is 0.333. The van der Waals surface area contributed by atoms with Gasteiger partial charge in [0.1, 0.15) is 6.54 Å². The molecule has 0 atom stereocenters. The Kier molecular flexibility index (Phi) is 6.54. The normalized spacial score (nSPS) is 11.8. The first-order valence-corrected chi connectivity index (χ1v) is 12.0. The van der Waals surface area contributed by atoms with Crippen LogP contribution in [0.4, 0.5) is 11.4 Å². The summed E-state index contributed by atoms with van der Waals surface area (Å²) in [6.07, 6.45) is 0. The highest BCUT2D eigenvalue weighted by Crippen LogP contribution is 2.26. The fourth-order valence-corrected chi connectivity index (χ4v) is 5.37. The van der Waals surface area contributed by atoms with Gasteiger partial charge in [-0.2, -0.15) is 12.7 Å². The first-order valence-electron chi connectivity index (χ1n) is 9.75. The molecule has 2 aromatic carbocycles. The second-order valence-electron chi connectivity index (χ2n) is 7.43. The van der Waals surface area contributed by atoms with Crippen molar-refractivity contribution in [1.29, 1.82) is 0 Å². The molecular formula is C21H26N4O4S2. The van der Waals surface area contributed by atoms with E-state index in [2.05, 4.69) is 5.32 Å². The van der Waals surface area contributed by atoms with Crippen LogP contribution in [-0.2, 0) is 21.5 Å². The SMILES string of the molecule is CCn1c(=O)sc2cc(NC(=O)CN(c3cc(C)ccc3C)S(=O)(=O)N(C)C)ccc21. The average molecular weight is 463 g/mol. The number of carbonyl (C=O) groups excluding carboxylic acids is 1. The quantitative estimate of drug-likeness (QED) is 0.584. The van der Waals surface area contributed by atoms with Crippen molar-refractivity contribution in [3.8, 4) is 0 Å². The van der Waals surface area contributed by atoms with Crippen molar-refractivity contribution in [2.75, 3.05) is 30.3 Å². The Labute approximate surface area is 185 Å². The van der Waals surface area contributed by atoms with Gasteiger partial charge in [-0.25, -0.2) is 4.31 Å². The van der Waals surface area contributed by atoms with Crippen molar-refractivity contribution in [2.45, 2.75) is 27.3 Å². The van der Waals surface area contributed by atoms with Crippen molar-refractivity contribution in [1.82, 2.24) is 8.87 Å². The number of nitrogens with zero attached hydrogens (tertiary/aromatic N) is 3. The van der Waals surface area contributed by atoms with Gasteiger partial charge in [-0.15, -0.1) is 0 Å². The molecule has 0 bridgehead atoms. The first kappa shape index (κ1) is 23.0. The topological polar surface area (TPSA) is 91.7 Å². The fourth-order valence-electron chi connectivity index (χ4n) is 3.25. The number of fused-ring (bicyclic) bond motifs is 1. The zero-order valence-corrected chi connectivity index (χ0v) is 19.8. The first-order chi connectivity index (χ1) is 14.5. The van der Waals surface area contributed by atoms with E-state index in [9.17, 15) is 18.0 Å². The maximum atomic E-state index is 13.0. The van der Waals surface area contributed by atoms with Gasteiger partial charge >= 0.3 is 15.1 Å². The number of amides is 1. The molecule has 0 aliphatic rings. The smallest absolute Gasteiger partial charge is 0.308 e. The molecule has 3 aromatic rings. The highest BCUT2D eigenvalue weighted by molar-refractivity contribution is 7.90. The molecule has 10 heteroatoms. The van der Waals surface area contributed by atoms with Crippen molar-refractivity contribution in [3.63, 3.8) is 0 Å². The van der Waals surface area contributed by atoms with Crippen LogP contribution in [0.3, 0.4) is 0 Å². The number of aromatic nitrogens is 1. The van der Waals surface area contributed by atoms with Gasteiger partial charge in [0, 0.05) is 26.3 Å². The van der Waals surface area contributed by atoms with E-state index in [1.807, 2.05) is 26.0 Å². The molecule has 0 saturated carbocycles. The molecular weight excluding hydrogens is 436 g/mol. The van der Waals surface area contributed by atoms with Crippen molar-refractivity contribution in [2.24, 2.45) is 0 Å². The highest BCUT2D eigenvalue weighted by atomic mass is 32.2. The summed E-state index contributed by atoms with van der Waals surface area (Å²) in [7, 11) is -1.04. The lowest BCUT2D eigenvalue weighted by molar-refractivity contribution is -0.114. The van der Waals surface area contributed by atoms with Crippen molar-refractivity contribution in [3.05, 3.63) is 57.2 Å². The third-order valence-corrected chi connectivity index (χ3v) is 7.68. The van der Waals surface area contributed by atoms with Crippen LogP contribution in [0.1, 0.15) is 18.1 Å². The predicted octanol–water partition coefficient (Wildman–Crippen LogP) is 2.95. The van der Waals surface area contributed by atoms with E-state index in [1.165, 1.54) is 14.1 Å². The minimum Gasteiger partial charge on any atom is -0.324 e. The number of anilines is 2.